The average molecular weight is 291 g/mol. The minimum absolute atomic E-state index is 0.458. The summed E-state index contributed by atoms with van der Waals surface area (Å²) in [6.45, 7) is 15.8. The average Bonchev–Trinajstić information content (AvgIpc) is 2.72. The summed E-state index contributed by atoms with van der Waals surface area (Å²) < 4.78 is 2.29. The maximum absolute atomic E-state index is 4.65. The first-order valence-corrected chi connectivity index (χ1v) is 8.27. The standard InChI is InChI=1S/C16H25N3S/c1-10-9-20-14-18-11(2)12(19(10)14)7-17-8-13-15(3,4)16(13,5)6/h9,13,17H,7-8H2,1-6H3. The van der Waals surface area contributed by atoms with E-state index < -0.39 is 0 Å². The van der Waals surface area contributed by atoms with Gasteiger partial charge in [-0.05, 0) is 37.1 Å². The molecule has 1 aliphatic rings. The second kappa shape index (κ2) is 4.31. The Hall–Kier alpha value is -0.870. The molecule has 4 heteroatoms. The van der Waals surface area contributed by atoms with E-state index in [2.05, 4.69) is 61.6 Å². The maximum Gasteiger partial charge on any atom is 0.194 e. The van der Waals surface area contributed by atoms with E-state index in [0.717, 1.165) is 29.7 Å². The van der Waals surface area contributed by atoms with Gasteiger partial charge in [-0.25, -0.2) is 4.98 Å². The van der Waals surface area contributed by atoms with E-state index in [0.29, 0.717) is 10.8 Å². The molecule has 2 aromatic rings. The van der Waals surface area contributed by atoms with Gasteiger partial charge in [-0.1, -0.05) is 27.7 Å². The first-order valence-electron chi connectivity index (χ1n) is 7.39. The summed E-state index contributed by atoms with van der Waals surface area (Å²) in [7, 11) is 0. The molecule has 0 saturated heterocycles. The summed E-state index contributed by atoms with van der Waals surface area (Å²) >= 11 is 1.72. The SMILES string of the molecule is Cc1nc2scc(C)n2c1CNCC1C(C)(C)C1(C)C. The molecule has 0 aliphatic heterocycles. The molecule has 0 amide bonds. The summed E-state index contributed by atoms with van der Waals surface area (Å²) in [5, 5.41) is 5.83. The van der Waals surface area contributed by atoms with Crippen LogP contribution in [-0.2, 0) is 6.54 Å². The van der Waals surface area contributed by atoms with Gasteiger partial charge in [-0.15, -0.1) is 11.3 Å². The van der Waals surface area contributed by atoms with Gasteiger partial charge in [0.1, 0.15) is 0 Å². The van der Waals surface area contributed by atoms with Crippen molar-refractivity contribution in [1.29, 1.82) is 0 Å². The molecule has 0 spiro atoms. The number of rotatable bonds is 4. The van der Waals surface area contributed by atoms with Crippen molar-refractivity contribution in [3.05, 3.63) is 22.5 Å². The molecule has 0 atom stereocenters. The Morgan fingerprint density at radius 2 is 1.90 bits per heavy atom. The smallest absolute Gasteiger partial charge is 0.194 e. The third-order valence-electron chi connectivity index (χ3n) is 5.79. The van der Waals surface area contributed by atoms with Gasteiger partial charge in [-0.3, -0.25) is 4.40 Å². The largest absolute Gasteiger partial charge is 0.311 e. The van der Waals surface area contributed by atoms with Crippen LogP contribution in [0.5, 0.6) is 0 Å². The Morgan fingerprint density at radius 3 is 2.50 bits per heavy atom. The highest BCUT2D eigenvalue weighted by molar-refractivity contribution is 7.15. The van der Waals surface area contributed by atoms with E-state index in [1.807, 2.05) is 0 Å². The second-order valence-electron chi connectivity index (χ2n) is 7.27. The zero-order chi connectivity index (χ0) is 14.7. The lowest BCUT2D eigenvalue weighted by Gasteiger charge is -2.07. The van der Waals surface area contributed by atoms with Gasteiger partial charge >= 0.3 is 0 Å². The van der Waals surface area contributed by atoms with Crippen molar-refractivity contribution in [3.8, 4) is 0 Å². The van der Waals surface area contributed by atoms with Crippen LogP contribution in [0, 0.1) is 30.6 Å². The third-order valence-corrected chi connectivity index (χ3v) is 6.73. The molecule has 1 saturated carbocycles. The molecule has 0 aromatic carbocycles. The van der Waals surface area contributed by atoms with Crippen LogP contribution in [0.15, 0.2) is 5.38 Å². The van der Waals surface area contributed by atoms with E-state index in [1.54, 1.807) is 11.3 Å². The van der Waals surface area contributed by atoms with Crippen molar-refractivity contribution in [2.75, 3.05) is 6.54 Å². The van der Waals surface area contributed by atoms with Gasteiger partial charge in [0.2, 0.25) is 0 Å². The van der Waals surface area contributed by atoms with Crippen molar-refractivity contribution in [3.63, 3.8) is 0 Å². The Morgan fingerprint density at radius 1 is 1.25 bits per heavy atom. The van der Waals surface area contributed by atoms with Crippen LogP contribution in [0.25, 0.3) is 4.96 Å². The normalized spacial score (nSPS) is 20.7. The molecule has 110 valence electrons. The lowest BCUT2D eigenvalue weighted by molar-refractivity contribution is 0.457. The molecule has 20 heavy (non-hydrogen) atoms. The molecule has 3 nitrogen and oxygen atoms in total. The van der Waals surface area contributed by atoms with Crippen molar-refractivity contribution in [2.45, 2.75) is 48.1 Å². The number of aromatic nitrogens is 2. The van der Waals surface area contributed by atoms with Gasteiger partial charge in [0.05, 0.1) is 11.4 Å². The highest BCUT2D eigenvalue weighted by Crippen LogP contribution is 2.67. The minimum Gasteiger partial charge on any atom is -0.311 e. The summed E-state index contributed by atoms with van der Waals surface area (Å²) in [5.74, 6) is 0.766. The molecule has 0 bridgehead atoms. The zero-order valence-electron chi connectivity index (χ0n) is 13.4. The van der Waals surface area contributed by atoms with Crippen molar-refractivity contribution in [1.82, 2.24) is 14.7 Å². The van der Waals surface area contributed by atoms with E-state index >= 15 is 0 Å². The summed E-state index contributed by atoms with van der Waals surface area (Å²) in [5.41, 5.74) is 4.67. The topological polar surface area (TPSA) is 29.3 Å². The van der Waals surface area contributed by atoms with E-state index in [-0.39, 0.29) is 0 Å². The van der Waals surface area contributed by atoms with Crippen molar-refractivity contribution >= 4 is 16.3 Å². The number of thiazole rings is 1. The number of fused-ring (bicyclic) bond motifs is 1. The van der Waals surface area contributed by atoms with E-state index in [9.17, 15) is 0 Å². The summed E-state index contributed by atoms with van der Waals surface area (Å²) in [6.07, 6.45) is 0. The molecule has 1 N–H and O–H groups in total. The van der Waals surface area contributed by atoms with Crippen LogP contribution in [0.2, 0.25) is 0 Å². The second-order valence-corrected chi connectivity index (χ2v) is 8.10. The van der Waals surface area contributed by atoms with E-state index in [1.165, 1.54) is 11.4 Å². The van der Waals surface area contributed by atoms with Gasteiger partial charge in [0, 0.05) is 17.6 Å². The van der Waals surface area contributed by atoms with Crippen LogP contribution in [0.3, 0.4) is 0 Å². The molecule has 0 unspecified atom stereocenters. The first kappa shape index (κ1) is 14.1. The molecule has 1 aliphatic carbocycles. The Balaban J connectivity index is 1.70. The minimum atomic E-state index is 0.458. The number of nitrogens with zero attached hydrogens (tertiary/aromatic N) is 2. The van der Waals surface area contributed by atoms with Crippen molar-refractivity contribution < 1.29 is 0 Å². The molecular formula is C16H25N3S. The zero-order valence-corrected chi connectivity index (χ0v) is 14.2. The quantitative estimate of drug-likeness (QED) is 0.929. The van der Waals surface area contributed by atoms with Crippen LogP contribution in [0.1, 0.15) is 44.8 Å². The molecule has 2 aromatic heterocycles. The fourth-order valence-corrected chi connectivity index (χ4v) is 4.48. The molecule has 1 fully saturated rings. The molecule has 0 radical (unpaired) electrons. The van der Waals surface area contributed by atoms with Crippen LogP contribution in [-0.4, -0.2) is 15.9 Å². The van der Waals surface area contributed by atoms with Gasteiger partial charge in [0.15, 0.2) is 4.96 Å². The van der Waals surface area contributed by atoms with Crippen molar-refractivity contribution in [2.24, 2.45) is 16.7 Å². The van der Waals surface area contributed by atoms with Gasteiger partial charge in [0.25, 0.3) is 0 Å². The van der Waals surface area contributed by atoms with Gasteiger partial charge < -0.3 is 5.32 Å². The van der Waals surface area contributed by atoms with E-state index in [4.69, 9.17) is 0 Å². The van der Waals surface area contributed by atoms with Crippen LogP contribution < -0.4 is 5.32 Å². The van der Waals surface area contributed by atoms with Crippen LogP contribution in [0.4, 0.5) is 0 Å². The predicted octanol–water partition coefficient (Wildman–Crippen LogP) is 3.78. The molecule has 3 rings (SSSR count). The van der Waals surface area contributed by atoms with Gasteiger partial charge in [-0.2, -0.15) is 0 Å². The lowest BCUT2D eigenvalue weighted by atomic mass is 10.0. The fourth-order valence-electron chi connectivity index (χ4n) is 3.55. The third kappa shape index (κ3) is 1.85. The number of aryl methyl sites for hydroxylation is 2. The Labute approximate surface area is 125 Å². The Kier molecular flexibility index (Phi) is 3.04. The highest BCUT2D eigenvalue weighted by Gasteiger charge is 2.63. The lowest BCUT2D eigenvalue weighted by Crippen LogP contribution is -2.20. The predicted molar refractivity (Wildman–Crippen MR) is 85.3 cm³/mol. The fraction of sp³-hybridized carbons (Fsp3) is 0.688. The molecular weight excluding hydrogens is 266 g/mol. The summed E-state index contributed by atoms with van der Waals surface area (Å²) in [6, 6.07) is 0. The number of imidazole rings is 1. The molecule has 2 heterocycles. The number of hydrogen-bond acceptors (Lipinski definition) is 3. The number of hydrogen-bond donors (Lipinski definition) is 1. The monoisotopic (exact) mass is 291 g/mol. The number of nitrogens with one attached hydrogen (secondary N) is 1. The first-order chi connectivity index (χ1) is 9.26. The summed E-state index contributed by atoms with van der Waals surface area (Å²) in [4.78, 5) is 5.76. The maximum atomic E-state index is 4.65. The van der Waals surface area contributed by atoms with Crippen LogP contribution >= 0.6 is 11.3 Å². The Bertz CT molecular complexity index is 634. The highest BCUT2D eigenvalue weighted by atomic mass is 32.1.